The van der Waals surface area contributed by atoms with Crippen LogP contribution in [0.2, 0.25) is 0 Å². The summed E-state index contributed by atoms with van der Waals surface area (Å²) in [6.07, 6.45) is 0.787. The number of benzene rings is 1. The first kappa shape index (κ1) is 20.7. The summed E-state index contributed by atoms with van der Waals surface area (Å²) in [5.41, 5.74) is 0.646. The summed E-state index contributed by atoms with van der Waals surface area (Å²) in [5, 5.41) is 1.71. The Balaban J connectivity index is 1.48. The van der Waals surface area contributed by atoms with Gasteiger partial charge in [-0.2, -0.15) is 13.1 Å². The van der Waals surface area contributed by atoms with Crippen LogP contribution in [-0.4, -0.2) is 38.4 Å². The lowest BCUT2D eigenvalue weighted by atomic mass is 9.98. The molecule has 2 aromatic rings. The van der Waals surface area contributed by atoms with Gasteiger partial charge < -0.3 is 9.47 Å². The van der Waals surface area contributed by atoms with Gasteiger partial charge in [0.2, 0.25) is 0 Å². The van der Waals surface area contributed by atoms with Gasteiger partial charge in [0.25, 0.3) is 10.0 Å². The van der Waals surface area contributed by atoms with Gasteiger partial charge in [-0.3, -0.25) is 4.79 Å². The second-order valence-corrected chi connectivity index (χ2v) is 9.35. The summed E-state index contributed by atoms with van der Waals surface area (Å²) in [7, 11) is -3.50. The standard InChI is InChI=1S/C18H19F2NO5S2/c19-18(20)26-15-5-3-13(4-6-15)12-25-17(22)14-7-9-21(10-8-14)28(23,24)16-2-1-11-27-16/h1-6,11,14,18H,7-10,12H2. The van der Waals surface area contributed by atoms with Gasteiger partial charge in [0.05, 0.1) is 5.92 Å². The molecule has 0 radical (unpaired) electrons. The Morgan fingerprint density at radius 1 is 1.18 bits per heavy atom. The maximum Gasteiger partial charge on any atom is 0.387 e. The van der Waals surface area contributed by atoms with E-state index in [4.69, 9.17) is 4.74 Å². The Labute approximate surface area is 165 Å². The SMILES string of the molecule is O=C(OCc1ccc(OC(F)F)cc1)C1CCN(S(=O)(=O)c2cccs2)CC1. The molecule has 0 N–H and O–H groups in total. The lowest BCUT2D eigenvalue weighted by Crippen LogP contribution is -2.40. The third kappa shape index (κ3) is 5.06. The molecule has 6 nitrogen and oxygen atoms in total. The average molecular weight is 431 g/mol. The number of ether oxygens (including phenoxy) is 2. The number of nitrogens with zero attached hydrogens (tertiary/aromatic N) is 1. The van der Waals surface area contributed by atoms with Gasteiger partial charge in [-0.25, -0.2) is 8.42 Å². The second kappa shape index (κ2) is 8.97. The number of carbonyl (C=O) groups excluding carboxylic acids is 1. The molecule has 0 aliphatic carbocycles. The van der Waals surface area contributed by atoms with E-state index in [2.05, 4.69) is 4.74 Å². The van der Waals surface area contributed by atoms with Crippen molar-refractivity contribution in [2.45, 2.75) is 30.3 Å². The molecule has 0 atom stereocenters. The molecule has 0 saturated carbocycles. The number of hydrogen-bond donors (Lipinski definition) is 0. The smallest absolute Gasteiger partial charge is 0.387 e. The number of piperidine rings is 1. The molecule has 3 rings (SSSR count). The van der Waals surface area contributed by atoms with E-state index < -0.39 is 16.6 Å². The zero-order valence-corrected chi connectivity index (χ0v) is 16.4. The molecule has 28 heavy (non-hydrogen) atoms. The number of sulfonamides is 1. The molecule has 152 valence electrons. The van der Waals surface area contributed by atoms with Gasteiger partial charge in [0, 0.05) is 13.1 Å². The van der Waals surface area contributed by atoms with E-state index in [1.807, 2.05) is 0 Å². The first-order chi connectivity index (χ1) is 13.4. The van der Waals surface area contributed by atoms with Gasteiger partial charge in [0.1, 0.15) is 16.6 Å². The fourth-order valence-corrected chi connectivity index (χ4v) is 5.52. The van der Waals surface area contributed by atoms with Gasteiger partial charge in [-0.05, 0) is 42.0 Å². The molecule has 1 aliphatic rings. The lowest BCUT2D eigenvalue weighted by Gasteiger charge is -2.29. The Morgan fingerprint density at radius 3 is 2.43 bits per heavy atom. The van der Waals surface area contributed by atoms with Crippen molar-refractivity contribution in [3.8, 4) is 5.75 Å². The van der Waals surface area contributed by atoms with Gasteiger partial charge in [-0.1, -0.05) is 18.2 Å². The zero-order valence-electron chi connectivity index (χ0n) is 14.8. The van der Waals surface area contributed by atoms with E-state index in [1.54, 1.807) is 29.6 Å². The van der Waals surface area contributed by atoms with E-state index in [0.29, 0.717) is 22.6 Å². The average Bonchev–Trinajstić information content (AvgIpc) is 3.22. The van der Waals surface area contributed by atoms with Crippen molar-refractivity contribution in [2.24, 2.45) is 5.92 Å². The largest absolute Gasteiger partial charge is 0.461 e. The number of rotatable bonds is 7. The van der Waals surface area contributed by atoms with Crippen molar-refractivity contribution >= 4 is 27.3 Å². The minimum Gasteiger partial charge on any atom is -0.461 e. The summed E-state index contributed by atoms with van der Waals surface area (Å²) in [6.45, 7) is -2.35. The van der Waals surface area contributed by atoms with Crippen LogP contribution < -0.4 is 4.74 Å². The minimum atomic E-state index is -3.50. The van der Waals surface area contributed by atoms with Crippen molar-refractivity contribution < 1.29 is 31.5 Å². The molecule has 1 aromatic carbocycles. The zero-order chi connectivity index (χ0) is 20.1. The van der Waals surface area contributed by atoms with Crippen LogP contribution in [0.5, 0.6) is 5.75 Å². The van der Waals surface area contributed by atoms with E-state index in [1.165, 1.54) is 27.8 Å². The number of alkyl halides is 2. The third-order valence-corrected chi connectivity index (χ3v) is 7.68. The van der Waals surface area contributed by atoms with E-state index in [0.717, 1.165) is 0 Å². The molecular weight excluding hydrogens is 412 g/mol. The highest BCUT2D eigenvalue weighted by atomic mass is 32.2. The Bertz CT molecular complexity index is 877. The monoisotopic (exact) mass is 431 g/mol. The number of thiophene rings is 1. The van der Waals surface area contributed by atoms with Crippen molar-refractivity contribution in [1.29, 1.82) is 0 Å². The Hall–Kier alpha value is -2.04. The maximum atomic E-state index is 12.5. The second-order valence-electron chi connectivity index (χ2n) is 6.24. The molecule has 10 heteroatoms. The fourth-order valence-electron chi connectivity index (χ4n) is 2.91. The van der Waals surface area contributed by atoms with E-state index in [-0.39, 0.29) is 37.3 Å². The molecule has 1 aromatic heterocycles. The predicted molar refractivity (Wildman–Crippen MR) is 98.7 cm³/mol. The summed E-state index contributed by atoms with van der Waals surface area (Å²) < 4.78 is 60.5. The van der Waals surface area contributed by atoms with E-state index in [9.17, 15) is 22.0 Å². The van der Waals surface area contributed by atoms with Gasteiger partial charge in [-0.15, -0.1) is 11.3 Å². The van der Waals surface area contributed by atoms with Crippen molar-refractivity contribution in [3.63, 3.8) is 0 Å². The quantitative estimate of drug-likeness (QED) is 0.628. The molecular formula is C18H19F2NO5S2. The molecule has 1 aliphatic heterocycles. The first-order valence-electron chi connectivity index (χ1n) is 8.60. The molecule has 1 fully saturated rings. The fraction of sp³-hybridized carbons (Fsp3) is 0.389. The van der Waals surface area contributed by atoms with Gasteiger partial charge in [0.15, 0.2) is 0 Å². The first-order valence-corrected chi connectivity index (χ1v) is 10.9. The van der Waals surface area contributed by atoms with Crippen LogP contribution in [0, 0.1) is 5.92 Å². The summed E-state index contributed by atoms with van der Waals surface area (Å²) in [5.74, 6) is -0.721. The normalized spacial score (nSPS) is 16.2. The van der Waals surface area contributed by atoms with Crippen LogP contribution in [0.25, 0.3) is 0 Å². The Kier molecular flexibility index (Phi) is 6.63. The molecule has 0 bridgehead atoms. The molecule has 0 unspecified atom stereocenters. The summed E-state index contributed by atoms with van der Waals surface area (Å²) >= 11 is 1.17. The predicted octanol–water partition coefficient (Wildman–Crippen LogP) is 3.49. The highest BCUT2D eigenvalue weighted by molar-refractivity contribution is 7.91. The molecule has 2 heterocycles. The molecule has 0 amide bonds. The highest BCUT2D eigenvalue weighted by Crippen LogP contribution is 2.27. The highest BCUT2D eigenvalue weighted by Gasteiger charge is 2.33. The van der Waals surface area contributed by atoms with Crippen LogP contribution in [0.3, 0.4) is 0 Å². The van der Waals surface area contributed by atoms with E-state index >= 15 is 0 Å². The maximum absolute atomic E-state index is 12.5. The van der Waals surface area contributed by atoms with Crippen molar-refractivity contribution in [2.75, 3.05) is 13.1 Å². The van der Waals surface area contributed by atoms with Crippen molar-refractivity contribution in [1.82, 2.24) is 4.31 Å². The number of carbonyl (C=O) groups is 1. The van der Waals surface area contributed by atoms with Crippen LogP contribution in [0.1, 0.15) is 18.4 Å². The minimum absolute atomic E-state index is 0.0154. The van der Waals surface area contributed by atoms with Gasteiger partial charge >= 0.3 is 12.6 Å². The van der Waals surface area contributed by atoms with Crippen LogP contribution in [-0.2, 0) is 26.2 Å². The third-order valence-electron chi connectivity index (χ3n) is 4.41. The molecule has 0 spiro atoms. The topological polar surface area (TPSA) is 72.9 Å². The van der Waals surface area contributed by atoms with Crippen LogP contribution in [0.4, 0.5) is 8.78 Å². The number of hydrogen-bond acceptors (Lipinski definition) is 6. The lowest BCUT2D eigenvalue weighted by molar-refractivity contribution is -0.151. The Morgan fingerprint density at radius 2 is 1.86 bits per heavy atom. The number of esters is 1. The van der Waals surface area contributed by atoms with Crippen molar-refractivity contribution in [3.05, 3.63) is 47.3 Å². The number of halogens is 2. The molecule has 1 saturated heterocycles. The van der Waals surface area contributed by atoms with Crippen LogP contribution in [0.15, 0.2) is 46.0 Å². The van der Waals surface area contributed by atoms with Crippen LogP contribution >= 0.6 is 11.3 Å². The summed E-state index contributed by atoms with van der Waals surface area (Å²) in [4.78, 5) is 12.3. The summed E-state index contributed by atoms with van der Waals surface area (Å²) in [6, 6.07) is 9.10.